The number of hydrogen-bond acceptors (Lipinski definition) is 3. The van der Waals surface area contributed by atoms with E-state index in [1.165, 1.54) is 0 Å². The predicted molar refractivity (Wildman–Crippen MR) is 70.7 cm³/mol. The SMILES string of the molecule is C/C1=C(\S(=O)(=O)c2ccccc2)CCCCCO1. The normalized spacial score (nSPS) is 21.8. The van der Waals surface area contributed by atoms with Crippen molar-refractivity contribution < 1.29 is 13.2 Å². The molecule has 0 atom stereocenters. The standard InChI is InChI=1S/C14H18O3S/c1-12-14(10-6-3-7-11-17-12)18(15,16)13-8-4-2-5-9-13/h2,4-5,8-9H,3,6-7,10-11H2,1H3/b14-12+. The van der Waals surface area contributed by atoms with Crippen LogP contribution in [-0.4, -0.2) is 15.0 Å². The summed E-state index contributed by atoms with van der Waals surface area (Å²) in [7, 11) is -3.40. The van der Waals surface area contributed by atoms with Crippen LogP contribution in [-0.2, 0) is 14.6 Å². The Kier molecular flexibility index (Phi) is 4.07. The van der Waals surface area contributed by atoms with Crippen LogP contribution < -0.4 is 0 Å². The fourth-order valence-electron chi connectivity index (χ4n) is 2.11. The van der Waals surface area contributed by atoms with Crippen LogP contribution in [0.3, 0.4) is 0 Å². The molecule has 1 heterocycles. The van der Waals surface area contributed by atoms with Crippen molar-refractivity contribution in [1.29, 1.82) is 0 Å². The molecule has 2 rings (SSSR count). The summed E-state index contributed by atoms with van der Waals surface area (Å²) in [6.45, 7) is 2.36. The van der Waals surface area contributed by atoms with Crippen LogP contribution in [0.4, 0.5) is 0 Å². The summed E-state index contributed by atoms with van der Waals surface area (Å²) in [4.78, 5) is 0.789. The highest BCUT2D eigenvalue weighted by molar-refractivity contribution is 7.95. The van der Waals surface area contributed by atoms with Gasteiger partial charge in [0.15, 0.2) is 0 Å². The third kappa shape index (κ3) is 2.75. The molecule has 0 saturated heterocycles. The Labute approximate surface area is 108 Å². The number of benzene rings is 1. The van der Waals surface area contributed by atoms with E-state index in [1.807, 2.05) is 6.07 Å². The first-order chi connectivity index (χ1) is 8.62. The Morgan fingerprint density at radius 1 is 1.06 bits per heavy atom. The second-order valence-electron chi connectivity index (χ2n) is 4.45. The molecule has 4 heteroatoms. The van der Waals surface area contributed by atoms with Crippen LogP contribution in [0.2, 0.25) is 0 Å². The largest absolute Gasteiger partial charge is 0.497 e. The lowest BCUT2D eigenvalue weighted by molar-refractivity contribution is 0.199. The van der Waals surface area contributed by atoms with Crippen molar-refractivity contribution in [2.24, 2.45) is 0 Å². The summed E-state index contributed by atoms with van der Waals surface area (Å²) in [5, 5.41) is 0. The number of allylic oxidation sites excluding steroid dienone is 2. The molecule has 98 valence electrons. The van der Waals surface area contributed by atoms with E-state index >= 15 is 0 Å². The molecule has 1 aromatic rings. The maximum absolute atomic E-state index is 12.5. The van der Waals surface area contributed by atoms with E-state index in [9.17, 15) is 8.42 Å². The van der Waals surface area contributed by atoms with Gasteiger partial charge in [0.1, 0.15) is 5.76 Å². The molecule has 0 fully saturated rings. The van der Waals surface area contributed by atoms with Gasteiger partial charge >= 0.3 is 0 Å². The summed E-state index contributed by atoms with van der Waals surface area (Å²) in [6.07, 6.45) is 3.49. The first-order valence-corrected chi connectivity index (χ1v) is 7.73. The average molecular weight is 266 g/mol. The predicted octanol–water partition coefficient (Wildman–Crippen LogP) is 3.28. The third-order valence-electron chi connectivity index (χ3n) is 3.14. The highest BCUT2D eigenvalue weighted by Gasteiger charge is 2.24. The van der Waals surface area contributed by atoms with E-state index in [0.717, 1.165) is 19.3 Å². The molecule has 0 saturated carbocycles. The van der Waals surface area contributed by atoms with Crippen molar-refractivity contribution in [3.8, 4) is 0 Å². The minimum absolute atomic E-state index is 0.350. The Balaban J connectivity index is 2.42. The van der Waals surface area contributed by atoms with Gasteiger partial charge in [-0.25, -0.2) is 8.42 Å². The monoisotopic (exact) mass is 266 g/mol. The minimum atomic E-state index is -3.40. The van der Waals surface area contributed by atoms with Gasteiger partial charge in [-0.15, -0.1) is 0 Å². The fourth-order valence-corrected chi connectivity index (χ4v) is 3.76. The maximum atomic E-state index is 12.5. The van der Waals surface area contributed by atoms with Crippen LogP contribution >= 0.6 is 0 Å². The molecule has 0 aliphatic carbocycles. The Morgan fingerprint density at radius 3 is 2.50 bits per heavy atom. The molecule has 1 aliphatic rings. The molecule has 1 aromatic carbocycles. The van der Waals surface area contributed by atoms with Gasteiger partial charge in [-0.05, 0) is 44.7 Å². The summed E-state index contributed by atoms with van der Waals surface area (Å²) < 4.78 is 30.6. The first-order valence-electron chi connectivity index (χ1n) is 6.25. The van der Waals surface area contributed by atoms with Crippen LogP contribution in [0, 0.1) is 0 Å². The highest BCUT2D eigenvalue weighted by atomic mass is 32.2. The second kappa shape index (κ2) is 5.57. The van der Waals surface area contributed by atoms with Crippen LogP contribution in [0.5, 0.6) is 0 Å². The lowest BCUT2D eigenvalue weighted by Gasteiger charge is -2.17. The van der Waals surface area contributed by atoms with Gasteiger partial charge in [0.25, 0.3) is 0 Å². The van der Waals surface area contributed by atoms with Crippen molar-refractivity contribution in [3.63, 3.8) is 0 Å². The molecule has 0 unspecified atom stereocenters. The van der Waals surface area contributed by atoms with Gasteiger partial charge in [0.05, 0.1) is 16.4 Å². The number of sulfone groups is 1. The van der Waals surface area contributed by atoms with Crippen molar-refractivity contribution in [3.05, 3.63) is 41.0 Å². The van der Waals surface area contributed by atoms with E-state index in [-0.39, 0.29) is 0 Å². The summed E-state index contributed by atoms with van der Waals surface area (Å²) in [6, 6.07) is 8.57. The zero-order valence-corrected chi connectivity index (χ0v) is 11.4. The summed E-state index contributed by atoms with van der Waals surface area (Å²) in [5.74, 6) is 0.554. The fraction of sp³-hybridized carbons (Fsp3) is 0.429. The quantitative estimate of drug-likeness (QED) is 0.825. The van der Waals surface area contributed by atoms with E-state index in [2.05, 4.69) is 0 Å². The Hall–Kier alpha value is -1.29. The molecule has 0 spiro atoms. The van der Waals surface area contributed by atoms with Crippen molar-refractivity contribution in [2.45, 2.75) is 37.5 Å². The van der Waals surface area contributed by atoms with Crippen molar-refractivity contribution in [2.75, 3.05) is 6.61 Å². The van der Waals surface area contributed by atoms with E-state index < -0.39 is 9.84 Å². The zero-order chi connectivity index (χ0) is 13.0. The van der Waals surface area contributed by atoms with Gasteiger partial charge in [-0.1, -0.05) is 18.2 Å². The molecular formula is C14H18O3S. The molecule has 0 radical (unpaired) electrons. The topological polar surface area (TPSA) is 43.4 Å². The van der Waals surface area contributed by atoms with Gasteiger partial charge in [0, 0.05) is 0 Å². The zero-order valence-electron chi connectivity index (χ0n) is 10.6. The van der Waals surface area contributed by atoms with Crippen LogP contribution in [0.25, 0.3) is 0 Å². The van der Waals surface area contributed by atoms with Crippen LogP contribution in [0.15, 0.2) is 45.9 Å². The molecular weight excluding hydrogens is 248 g/mol. The number of ether oxygens (including phenoxy) is 1. The van der Waals surface area contributed by atoms with E-state index in [1.54, 1.807) is 31.2 Å². The van der Waals surface area contributed by atoms with Gasteiger partial charge in [0.2, 0.25) is 9.84 Å². The molecule has 18 heavy (non-hydrogen) atoms. The number of hydrogen-bond donors (Lipinski definition) is 0. The van der Waals surface area contributed by atoms with E-state index in [0.29, 0.717) is 28.6 Å². The highest BCUT2D eigenvalue weighted by Crippen LogP contribution is 2.28. The molecule has 3 nitrogen and oxygen atoms in total. The Morgan fingerprint density at radius 2 is 1.78 bits per heavy atom. The number of rotatable bonds is 2. The lowest BCUT2D eigenvalue weighted by Crippen LogP contribution is -2.11. The van der Waals surface area contributed by atoms with Crippen molar-refractivity contribution >= 4 is 9.84 Å². The minimum Gasteiger partial charge on any atom is -0.497 e. The van der Waals surface area contributed by atoms with Gasteiger partial charge in [-0.3, -0.25) is 0 Å². The molecule has 0 bridgehead atoms. The molecule has 0 aromatic heterocycles. The smallest absolute Gasteiger partial charge is 0.206 e. The van der Waals surface area contributed by atoms with E-state index in [4.69, 9.17) is 4.74 Å². The molecule has 1 aliphatic heterocycles. The van der Waals surface area contributed by atoms with Gasteiger partial charge < -0.3 is 4.74 Å². The lowest BCUT2D eigenvalue weighted by atomic mass is 10.1. The molecule has 0 N–H and O–H groups in total. The van der Waals surface area contributed by atoms with Crippen molar-refractivity contribution in [1.82, 2.24) is 0 Å². The third-order valence-corrected chi connectivity index (χ3v) is 5.17. The van der Waals surface area contributed by atoms with Gasteiger partial charge in [-0.2, -0.15) is 0 Å². The second-order valence-corrected chi connectivity index (χ2v) is 6.43. The average Bonchev–Trinajstić information content (AvgIpc) is 2.35. The maximum Gasteiger partial charge on any atom is 0.206 e. The van der Waals surface area contributed by atoms with Crippen LogP contribution in [0.1, 0.15) is 32.6 Å². The summed E-state index contributed by atoms with van der Waals surface area (Å²) in [5.41, 5.74) is 0. The Bertz CT molecular complexity index is 529. The molecule has 0 amide bonds. The summed E-state index contributed by atoms with van der Waals surface area (Å²) >= 11 is 0. The first kappa shape index (κ1) is 13.1.